The third-order valence-corrected chi connectivity index (χ3v) is 4.06. The van der Waals surface area contributed by atoms with Crippen molar-refractivity contribution in [2.24, 2.45) is 0 Å². The van der Waals surface area contributed by atoms with Crippen molar-refractivity contribution in [3.05, 3.63) is 65.9 Å². The zero-order chi connectivity index (χ0) is 17.6. The number of aromatic nitrogens is 2. The molecule has 4 nitrogen and oxygen atoms in total. The Hall–Kier alpha value is -2.40. The molecule has 0 spiro atoms. The highest BCUT2D eigenvalue weighted by molar-refractivity contribution is 5.54. The Kier molecular flexibility index (Phi) is 5.66. The Bertz CT molecular complexity index is 813. The zero-order valence-electron chi connectivity index (χ0n) is 14.7. The predicted octanol–water partition coefficient (Wildman–Crippen LogP) is 3.98. The number of halogens is 1. The summed E-state index contributed by atoms with van der Waals surface area (Å²) in [6, 6.07) is 10.6. The summed E-state index contributed by atoms with van der Waals surface area (Å²) in [4.78, 5) is 4.73. The number of fused-ring (bicyclic) bond motifs is 1. The monoisotopic (exact) mass is 341 g/mol. The summed E-state index contributed by atoms with van der Waals surface area (Å²) >= 11 is 0. The van der Waals surface area contributed by atoms with Crippen LogP contribution in [0.15, 0.2) is 48.8 Å². The van der Waals surface area contributed by atoms with Crippen LogP contribution in [0.2, 0.25) is 0 Å². The summed E-state index contributed by atoms with van der Waals surface area (Å²) in [6.45, 7) is 5.73. The molecule has 1 atom stereocenters. The van der Waals surface area contributed by atoms with Gasteiger partial charge in [0.05, 0.1) is 5.69 Å². The fourth-order valence-corrected chi connectivity index (χ4v) is 2.77. The molecule has 1 unspecified atom stereocenters. The zero-order valence-corrected chi connectivity index (χ0v) is 14.7. The third kappa shape index (κ3) is 4.57. The molecule has 2 heterocycles. The van der Waals surface area contributed by atoms with E-state index >= 15 is 0 Å². The van der Waals surface area contributed by atoms with Crippen molar-refractivity contribution >= 4 is 5.65 Å². The van der Waals surface area contributed by atoms with E-state index < -0.39 is 0 Å². The number of pyridine rings is 1. The van der Waals surface area contributed by atoms with Crippen LogP contribution in [0.3, 0.4) is 0 Å². The van der Waals surface area contributed by atoms with Gasteiger partial charge in [-0.3, -0.25) is 0 Å². The molecular weight excluding hydrogens is 317 g/mol. The Morgan fingerprint density at radius 2 is 2.04 bits per heavy atom. The first kappa shape index (κ1) is 17.4. The fraction of sp³-hybridized carbons (Fsp3) is 0.350. The van der Waals surface area contributed by atoms with Crippen LogP contribution in [0.25, 0.3) is 5.65 Å². The minimum absolute atomic E-state index is 0.241. The third-order valence-electron chi connectivity index (χ3n) is 4.06. The van der Waals surface area contributed by atoms with E-state index in [1.165, 1.54) is 12.1 Å². The summed E-state index contributed by atoms with van der Waals surface area (Å²) in [5, 5.41) is 3.48. The largest absolute Gasteiger partial charge is 0.485 e. The SMILES string of the molecule is CCCNC(C)Cc1cn2cccc(OCc3ccc(F)cc3)c2n1. The average molecular weight is 341 g/mol. The minimum Gasteiger partial charge on any atom is -0.485 e. The fourth-order valence-electron chi connectivity index (χ4n) is 2.77. The van der Waals surface area contributed by atoms with Gasteiger partial charge in [0.2, 0.25) is 0 Å². The highest BCUT2D eigenvalue weighted by Gasteiger charge is 2.10. The molecule has 0 aliphatic carbocycles. The molecule has 0 saturated carbocycles. The van der Waals surface area contributed by atoms with Gasteiger partial charge in [0.25, 0.3) is 0 Å². The summed E-state index contributed by atoms with van der Waals surface area (Å²) in [7, 11) is 0. The summed E-state index contributed by atoms with van der Waals surface area (Å²) in [5.74, 6) is 0.488. The van der Waals surface area contributed by atoms with Gasteiger partial charge in [-0.1, -0.05) is 19.1 Å². The van der Waals surface area contributed by atoms with Crippen LogP contribution in [0.5, 0.6) is 5.75 Å². The van der Waals surface area contributed by atoms with E-state index in [0.29, 0.717) is 12.6 Å². The standard InChI is InChI=1S/C20H24FN3O/c1-3-10-22-15(2)12-18-13-24-11-4-5-19(20(24)23-18)25-14-16-6-8-17(21)9-7-16/h4-9,11,13,15,22H,3,10,12,14H2,1-2H3. The van der Waals surface area contributed by atoms with E-state index in [2.05, 4.69) is 19.2 Å². The summed E-state index contributed by atoms with van der Waals surface area (Å²) in [5.41, 5.74) is 2.77. The highest BCUT2D eigenvalue weighted by atomic mass is 19.1. The molecule has 2 aromatic heterocycles. The lowest BCUT2D eigenvalue weighted by molar-refractivity contribution is 0.308. The number of rotatable bonds is 8. The second-order valence-corrected chi connectivity index (χ2v) is 6.31. The normalized spacial score (nSPS) is 12.4. The lowest BCUT2D eigenvalue weighted by Gasteiger charge is -2.10. The first-order valence-corrected chi connectivity index (χ1v) is 8.73. The number of nitrogens with zero attached hydrogens (tertiary/aromatic N) is 2. The molecule has 1 N–H and O–H groups in total. The molecule has 3 aromatic rings. The average Bonchev–Trinajstić information content (AvgIpc) is 3.02. The number of benzene rings is 1. The van der Waals surface area contributed by atoms with Gasteiger partial charge in [0, 0.05) is 24.9 Å². The van der Waals surface area contributed by atoms with Crippen LogP contribution in [0.4, 0.5) is 4.39 Å². The van der Waals surface area contributed by atoms with Crippen LogP contribution < -0.4 is 10.1 Å². The van der Waals surface area contributed by atoms with Gasteiger partial charge in [0.15, 0.2) is 11.4 Å². The van der Waals surface area contributed by atoms with Crippen LogP contribution in [0, 0.1) is 5.82 Å². The lowest BCUT2D eigenvalue weighted by Crippen LogP contribution is -2.28. The van der Waals surface area contributed by atoms with E-state index in [1.54, 1.807) is 12.1 Å². The Labute approximate surface area is 147 Å². The van der Waals surface area contributed by atoms with E-state index in [-0.39, 0.29) is 5.82 Å². The van der Waals surface area contributed by atoms with Crippen molar-refractivity contribution < 1.29 is 9.13 Å². The second-order valence-electron chi connectivity index (χ2n) is 6.31. The molecule has 0 aliphatic rings. The van der Waals surface area contributed by atoms with Crippen LogP contribution in [0.1, 0.15) is 31.5 Å². The molecule has 0 aliphatic heterocycles. The van der Waals surface area contributed by atoms with Gasteiger partial charge in [-0.25, -0.2) is 9.37 Å². The van der Waals surface area contributed by atoms with E-state index in [0.717, 1.165) is 42.0 Å². The molecule has 3 rings (SSSR count). The summed E-state index contributed by atoms with van der Waals surface area (Å²) in [6.07, 6.45) is 6.01. The number of hydrogen-bond acceptors (Lipinski definition) is 3. The van der Waals surface area contributed by atoms with Gasteiger partial charge < -0.3 is 14.5 Å². The molecule has 0 saturated heterocycles. The molecule has 132 valence electrons. The molecule has 0 fully saturated rings. The molecule has 25 heavy (non-hydrogen) atoms. The lowest BCUT2D eigenvalue weighted by atomic mass is 10.2. The molecule has 0 amide bonds. The number of imidazole rings is 1. The van der Waals surface area contributed by atoms with Crippen LogP contribution >= 0.6 is 0 Å². The quantitative estimate of drug-likeness (QED) is 0.673. The maximum atomic E-state index is 13.0. The molecule has 0 radical (unpaired) electrons. The Morgan fingerprint density at radius 1 is 1.24 bits per heavy atom. The van der Waals surface area contributed by atoms with Crippen molar-refractivity contribution in [2.45, 2.75) is 39.3 Å². The molecule has 1 aromatic carbocycles. The van der Waals surface area contributed by atoms with Crippen molar-refractivity contribution in [3.8, 4) is 5.75 Å². The topological polar surface area (TPSA) is 38.6 Å². The van der Waals surface area contributed by atoms with Gasteiger partial charge in [-0.15, -0.1) is 0 Å². The van der Waals surface area contributed by atoms with Crippen molar-refractivity contribution in [1.82, 2.24) is 14.7 Å². The smallest absolute Gasteiger partial charge is 0.179 e. The number of hydrogen-bond donors (Lipinski definition) is 1. The van der Waals surface area contributed by atoms with E-state index in [4.69, 9.17) is 9.72 Å². The van der Waals surface area contributed by atoms with Crippen LogP contribution in [-0.2, 0) is 13.0 Å². The van der Waals surface area contributed by atoms with Gasteiger partial charge >= 0.3 is 0 Å². The molecular formula is C20H24FN3O. The van der Waals surface area contributed by atoms with Crippen LogP contribution in [-0.4, -0.2) is 22.0 Å². The van der Waals surface area contributed by atoms with Crippen molar-refractivity contribution in [2.75, 3.05) is 6.54 Å². The predicted molar refractivity (Wildman–Crippen MR) is 97.4 cm³/mol. The van der Waals surface area contributed by atoms with E-state index in [9.17, 15) is 4.39 Å². The summed E-state index contributed by atoms with van der Waals surface area (Å²) < 4.78 is 20.9. The minimum atomic E-state index is -0.241. The van der Waals surface area contributed by atoms with Gasteiger partial charge in [-0.05, 0) is 49.7 Å². The van der Waals surface area contributed by atoms with E-state index in [1.807, 2.05) is 28.9 Å². The first-order chi connectivity index (χ1) is 12.2. The van der Waals surface area contributed by atoms with Gasteiger partial charge in [-0.2, -0.15) is 0 Å². The van der Waals surface area contributed by atoms with Crippen molar-refractivity contribution in [1.29, 1.82) is 0 Å². The maximum Gasteiger partial charge on any atom is 0.179 e. The maximum absolute atomic E-state index is 13.0. The number of ether oxygens (including phenoxy) is 1. The second kappa shape index (κ2) is 8.12. The highest BCUT2D eigenvalue weighted by Crippen LogP contribution is 2.21. The molecule has 0 bridgehead atoms. The Balaban J connectivity index is 1.71. The Morgan fingerprint density at radius 3 is 2.80 bits per heavy atom. The van der Waals surface area contributed by atoms with Crippen molar-refractivity contribution in [3.63, 3.8) is 0 Å². The molecule has 5 heteroatoms. The number of nitrogens with one attached hydrogen (secondary N) is 1. The van der Waals surface area contributed by atoms with Gasteiger partial charge in [0.1, 0.15) is 12.4 Å². The first-order valence-electron chi connectivity index (χ1n) is 8.73.